The topological polar surface area (TPSA) is 112 Å². The summed E-state index contributed by atoms with van der Waals surface area (Å²) in [7, 11) is -4.46. The number of allylic oxidation sites excluding steroid dienone is 1. The van der Waals surface area contributed by atoms with E-state index in [4.69, 9.17) is 14.8 Å². The number of carbonyl (C=O) groups is 1. The summed E-state index contributed by atoms with van der Waals surface area (Å²) in [5, 5.41) is 16.8. The van der Waals surface area contributed by atoms with Gasteiger partial charge in [0.25, 0.3) is 10.1 Å². The fourth-order valence-electron chi connectivity index (χ4n) is 0.545. The van der Waals surface area contributed by atoms with Crippen molar-refractivity contribution in [2.24, 2.45) is 0 Å². The van der Waals surface area contributed by atoms with Gasteiger partial charge < -0.3 is 10.2 Å². The molecule has 0 fully saturated rings. The van der Waals surface area contributed by atoms with Crippen LogP contribution in [0.2, 0.25) is 0 Å². The van der Waals surface area contributed by atoms with Crippen LogP contribution in [0, 0.1) is 0 Å². The van der Waals surface area contributed by atoms with Crippen LogP contribution in [0.3, 0.4) is 0 Å². The fraction of sp³-hybridized carbons (Fsp3) is 0.167. The lowest BCUT2D eigenvalue weighted by molar-refractivity contribution is -0.132. The molecule has 0 spiro atoms. The highest BCUT2D eigenvalue weighted by Crippen LogP contribution is 2.05. The number of carboxylic acids is 1. The molecular formula is C6H8O6S. The van der Waals surface area contributed by atoms with Crippen LogP contribution in [0.15, 0.2) is 23.3 Å². The van der Waals surface area contributed by atoms with Gasteiger partial charge in [-0.3, -0.25) is 4.55 Å². The first-order chi connectivity index (χ1) is 5.87. The van der Waals surface area contributed by atoms with E-state index in [1.807, 2.05) is 0 Å². The molecule has 0 aliphatic heterocycles. The number of aliphatic hydroxyl groups excluding tert-OH is 1. The zero-order valence-corrected chi connectivity index (χ0v) is 7.23. The molecule has 0 aromatic rings. The van der Waals surface area contributed by atoms with Gasteiger partial charge >= 0.3 is 5.97 Å². The van der Waals surface area contributed by atoms with Gasteiger partial charge in [-0.2, -0.15) is 8.42 Å². The summed E-state index contributed by atoms with van der Waals surface area (Å²) in [5.74, 6) is -1.48. The van der Waals surface area contributed by atoms with E-state index in [0.29, 0.717) is 6.26 Å². The number of hydrogen-bond acceptors (Lipinski definition) is 4. The van der Waals surface area contributed by atoms with E-state index in [-0.39, 0.29) is 11.8 Å². The van der Waals surface area contributed by atoms with Gasteiger partial charge in [-0.25, -0.2) is 4.79 Å². The average molecular weight is 208 g/mol. The number of hydrogen-bond donors (Lipinski definition) is 3. The summed E-state index contributed by atoms with van der Waals surface area (Å²) in [6, 6.07) is 0. The predicted octanol–water partition coefficient (Wildman–Crippen LogP) is 0.305. The highest BCUT2D eigenvalue weighted by atomic mass is 32.2. The molecule has 0 amide bonds. The molecule has 0 atom stereocenters. The molecule has 0 aromatic carbocycles. The Morgan fingerprint density at radius 3 is 2.23 bits per heavy atom. The number of carboxylic acid groups (broad SMARTS) is 1. The molecule has 13 heavy (non-hydrogen) atoms. The van der Waals surface area contributed by atoms with Gasteiger partial charge in [-0.1, -0.05) is 0 Å². The van der Waals surface area contributed by atoms with Gasteiger partial charge in [0, 0.05) is 6.42 Å². The average Bonchev–Trinajstić information content (AvgIpc) is 1.95. The van der Waals surface area contributed by atoms with Crippen molar-refractivity contribution in [3.05, 3.63) is 23.3 Å². The summed E-state index contributed by atoms with van der Waals surface area (Å²) in [6.45, 7) is 0. The van der Waals surface area contributed by atoms with Crippen molar-refractivity contribution >= 4 is 16.1 Å². The molecular weight excluding hydrogens is 200 g/mol. The molecule has 0 aliphatic rings. The van der Waals surface area contributed by atoms with Crippen molar-refractivity contribution in [1.82, 2.24) is 0 Å². The summed E-state index contributed by atoms with van der Waals surface area (Å²) in [6.07, 6.45) is 1.33. The van der Waals surface area contributed by atoms with Crippen molar-refractivity contribution in [1.29, 1.82) is 0 Å². The van der Waals surface area contributed by atoms with Crippen molar-refractivity contribution < 1.29 is 28.0 Å². The van der Waals surface area contributed by atoms with E-state index >= 15 is 0 Å². The van der Waals surface area contributed by atoms with E-state index < -0.39 is 21.7 Å². The van der Waals surface area contributed by atoms with Gasteiger partial charge in [0.1, 0.15) is 0 Å². The van der Waals surface area contributed by atoms with Gasteiger partial charge in [0.15, 0.2) is 0 Å². The molecule has 3 N–H and O–H groups in total. The molecule has 0 heterocycles. The molecule has 0 rings (SSSR count). The lowest BCUT2D eigenvalue weighted by Crippen LogP contribution is -2.03. The molecule has 0 unspecified atom stereocenters. The molecule has 0 saturated carbocycles. The maximum atomic E-state index is 10.3. The Kier molecular flexibility index (Phi) is 4.15. The zero-order chi connectivity index (χ0) is 10.5. The van der Waals surface area contributed by atoms with Gasteiger partial charge in [0.05, 0.1) is 17.2 Å². The smallest absolute Gasteiger partial charge is 0.332 e. The maximum Gasteiger partial charge on any atom is 0.332 e. The molecule has 0 saturated heterocycles. The van der Waals surface area contributed by atoms with Crippen molar-refractivity contribution in [2.75, 3.05) is 0 Å². The minimum Gasteiger partial charge on any atom is -0.516 e. The molecule has 74 valence electrons. The van der Waals surface area contributed by atoms with Gasteiger partial charge in [0.2, 0.25) is 0 Å². The first-order valence-electron chi connectivity index (χ1n) is 3.07. The number of rotatable bonds is 4. The highest BCUT2D eigenvalue weighted by Gasteiger charge is 2.10. The Labute approximate surface area is 74.6 Å². The third-order valence-corrected chi connectivity index (χ3v) is 1.59. The van der Waals surface area contributed by atoms with Crippen molar-refractivity contribution in [2.45, 2.75) is 6.42 Å². The first kappa shape index (κ1) is 11.7. The Hall–Kier alpha value is -1.34. The van der Waals surface area contributed by atoms with E-state index in [1.54, 1.807) is 0 Å². The summed E-state index contributed by atoms with van der Waals surface area (Å²) < 4.78 is 28.8. The van der Waals surface area contributed by atoms with Gasteiger partial charge in [-0.05, 0) is 6.08 Å². The largest absolute Gasteiger partial charge is 0.516 e. The van der Waals surface area contributed by atoms with E-state index in [1.165, 1.54) is 0 Å². The van der Waals surface area contributed by atoms with Crippen LogP contribution in [0.5, 0.6) is 0 Å². The lowest BCUT2D eigenvalue weighted by atomic mass is 10.2. The Bertz CT molecular complexity index is 336. The molecule has 0 aromatic heterocycles. The SMILES string of the molecule is O=C(O)C(=CS(=O)(=O)O)CC=CO. The number of aliphatic carboxylic acids is 1. The Morgan fingerprint density at radius 1 is 1.38 bits per heavy atom. The second-order valence-electron chi connectivity index (χ2n) is 2.05. The third-order valence-electron chi connectivity index (χ3n) is 1.01. The van der Waals surface area contributed by atoms with Crippen LogP contribution in [-0.4, -0.2) is 29.2 Å². The van der Waals surface area contributed by atoms with Crippen LogP contribution in [0.1, 0.15) is 6.42 Å². The predicted molar refractivity (Wildman–Crippen MR) is 43.7 cm³/mol. The second-order valence-corrected chi connectivity index (χ2v) is 3.32. The van der Waals surface area contributed by atoms with Crippen LogP contribution in [-0.2, 0) is 14.9 Å². The van der Waals surface area contributed by atoms with E-state index in [9.17, 15) is 13.2 Å². The van der Waals surface area contributed by atoms with Crippen LogP contribution < -0.4 is 0 Å². The molecule has 0 bridgehead atoms. The third kappa shape index (κ3) is 5.88. The monoisotopic (exact) mass is 208 g/mol. The van der Waals surface area contributed by atoms with Crippen molar-refractivity contribution in [3.8, 4) is 0 Å². The lowest BCUT2D eigenvalue weighted by Gasteiger charge is -1.95. The fourth-order valence-corrected chi connectivity index (χ4v) is 1.10. The maximum absolute atomic E-state index is 10.3. The van der Waals surface area contributed by atoms with Crippen LogP contribution in [0.4, 0.5) is 0 Å². The minimum absolute atomic E-state index is 0.218. The highest BCUT2D eigenvalue weighted by molar-refractivity contribution is 7.88. The standard InChI is InChI=1S/C6H8O6S/c7-3-1-2-5(6(8)9)4-13(10,11)12/h1,3-4,7H,2H2,(H,8,9)(H,10,11,12). The molecule has 7 heteroatoms. The summed E-state index contributed by atoms with van der Waals surface area (Å²) >= 11 is 0. The Morgan fingerprint density at radius 2 is 1.92 bits per heavy atom. The summed E-state index contributed by atoms with van der Waals surface area (Å²) in [5.41, 5.74) is -0.534. The quantitative estimate of drug-likeness (QED) is 0.348. The van der Waals surface area contributed by atoms with E-state index in [2.05, 4.69) is 0 Å². The number of aliphatic hydroxyl groups is 1. The van der Waals surface area contributed by atoms with Crippen LogP contribution >= 0.6 is 0 Å². The minimum atomic E-state index is -4.46. The molecule has 0 aliphatic carbocycles. The molecule has 6 nitrogen and oxygen atoms in total. The van der Waals surface area contributed by atoms with E-state index in [0.717, 1.165) is 6.08 Å². The van der Waals surface area contributed by atoms with Crippen LogP contribution in [0.25, 0.3) is 0 Å². The molecule has 0 radical (unpaired) electrons. The zero-order valence-electron chi connectivity index (χ0n) is 6.41. The second kappa shape index (κ2) is 4.63. The first-order valence-corrected chi connectivity index (χ1v) is 4.57. The summed E-state index contributed by atoms with van der Waals surface area (Å²) in [4.78, 5) is 10.3. The van der Waals surface area contributed by atoms with Gasteiger partial charge in [-0.15, -0.1) is 0 Å². The van der Waals surface area contributed by atoms with Crippen molar-refractivity contribution in [3.63, 3.8) is 0 Å². The normalized spacial score (nSPS) is 13.5. The Balaban J connectivity index is 4.82.